The van der Waals surface area contributed by atoms with Gasteiger partial charge >= 0.3 is 0 Å². The van der Waals surface area contributed by atoms with Crippen LogP contribution in [0.5, 0.6) is 0 Å². The Kier molecular flexibility index (Phi) is 4.69. The molecule has 4 nitrogen and oxygen atoms in total. The first-order valence-corrected chi connectivity index (χ1v) is 9.36. The molecule has 2 N–H and O–H groups in total. The summed E-state index contributed by atoms with van der Waals surface area (Å²) < 4.78 is 40.3. The molecule has 3 aromatic rings. The second kappa shape index (κ2) is 6.75. The van der Waals surface area contributed by atoms with Crippen molar-refractivity contribution >= 4 is 20.9 Å². The molecule has 126 valence electrons. The van der Waals surface area contributed by atoms with Gasteiger partial charge in [-0.05, 0) is 42.7 Å². The predicted molar refractivity (Wildman–Crippen MR) is 93.8 cm³/mol. The van der Waals surface area contributed by atoms with Crippen molar-refractivity contribution in [2.75, 3.05) is 6.54 Å². The van der Waals surface area contributed by atoms with E-state index in [-0.39, 0.29) is 18.1 Å². The first-order valence-electron chi connectivity index (χ1n) is 7.71. The zero-order valence-corrected chi connectivity index (χ0v) is 14.2. The van der Waals surface area contributed by atoms with Crippen LogP contribution in [0.1, 0.15) is 16.7 Å². The molecule has 0 radical (unpaired) electrons. The summed E-state index contributed by atoms with van der Waals surface area (Å²) in [5, 5.41) is 0.785. The molecule has 0 amide bonds. The molecule has 0 aliphatic rings. The number of fused-ring (bicyclic) bond motifs is 1. The second-order valence-electron chi connectivity index (χ2n) is 5.89. The van der Waals surface area contributed by atoms with Gasteiger partial charge in [0.1, 0.15) is 5.82 Å². The van der Waals surface area contributed by atoms with Crippen LogP contribution in [0.2, 0.25) is 0 Å². The highest BCUT2D eigenvalue weighted by molar-refractivity contribution is 7.88. The van der Waals surface area contributed by atoms with Gasteiger partial charge in [-0.1, -0.05) is 29.8 Å². The SMILES string of the molecule is Cc1ccc(CS(=O)(=O)NCCc2c[nH]c3ccc(F)cc23)cc1. The zero-order chi connectivity index (χ0) is 17.2. The summed E-state index contributed by atoms with van der Waals surface area (Å²) in [5.41, 5.74) is 3.58. The van der Waals surface area contributed by atoms with Gasteiger partial charge in [0.25, 0.3) is 0 Å². The van der Waals surface area contributed by atoms with E-state index in [9.17, 15) is 12.8 Å². The van der Waals surface area contributed by atoms with Crippen LogP contribution in [0.3, 0.4) is 0 Å². The zero-order valence-electron chi connectivity index (χ0n) is 13.3. The summed E-state index contributed by atoms with van der Waals surface area (Å²) in [6.07, 6.45) is 2.29. The summed E-state index contributed by atoms with van der Waals surface area (Å²) in [5.74, 6) is -0.348. The van der Waals surface area contributed by atoms with Gasteiger partial charge in [-0.3, -0.25) is 0 Å². The summed E-state index contributed by atoms with van der Waals surface area (Å²) in [7, 11) is -3.40. The van der Waals surface area contributed by atoms with E-state index >= 15 is 0 Å². The van der Waals surface area contributed by atoms with Crippen LogP contribution < -0.4 is 4.72 Å². The monoisotopic (exact) mass is 346 g/mol. The summed E-state index contributed by atoms with van der Waals surface area (Å²) >= 11 is 0. The first-order chi connectivity index (χ1) is 11.4. The van der Waals surface area contributed by atoms with Crippen molar-refractivity contribution in [3.05, 3.63) is 71.2 Å². The lowest BCUT2D eigenvalue weighted by Crippen LogP contribution is -2.27. The van der Waals surface area contributed by atoms with Gasteiger partial charge in [-0.2, -0.15) is 0 Å². The lowest BCUT2D eigenvalue weighted by molar-refractivity contribution is 0.581. The Morgan fingerprint density at radius 1 is 1.12 bits per heavy atom. The molecule has 0 fully saturated rings. The molecule has 0 aliphatic heterocycles. The Balaban J connectivity index is 1.62. The van der Waals surface area contributed by atoms with Gasteiger partial charge in [-0.25, -0.2) is 17.5 Å². The fourth-order valence-corrected chi connectivity index (χ4v) is 3.80. The van der Waals surface area contributed by atoms with E-state index in [4.69, 9.17) is 0 Å². The Hall–Kier alpha value is -2.18. The standard InChI is InChI=1S/C18H19FN2O2S/c1-13-2-4-14(5-3-13)12-24(22,23)21-9-8-15-11-20-18-7-6-16(19)10-17(15)18/h2-7,10-11,20-21H,8-9,12H2,1H3. The topological polar surface area (TPSA) is 62.0 Å². The van der Waals surface area contributed by atoms with Crippen LogP contribution in [0.25, 0.3) is 10.9 Å². The highest BCUT2D eigenvalue weighted by atomic mass is 32.2. The molecule has 0 saturated heterocycles. The molecule has 2 aromatic carbocycles. The summed E-state index contributed by atoms with van der Waals surface area (Å²) in [6.45, 7) is 2.23. The van der Waals surface area contributed by atoms with E-state index in [1.54, 1.807) is 12.3 Å². The Morgan fingerprint density at radius 3 is 2.62 bits per heavy atom. The predicted octanol–water partition coefficient (Wildman–Crippen LogP) is 3.28. The normalized spacial score (nSPS) is 11.9. The molecule has 1 aromatic heterocycles. The largest absolute Gasteiger partial charge is 0.361 e. The molecule has 0 aliphatic carbocycles. The van der Waals surface area contributed by atoms with Gasteiger partial charge in [0, 0.05) is 23.6 Å². The third kappa shape index (κ3) is 4.01. The van der Waals surface area contributed by atoms with Crippen molar-refractivity contribution in [3.8, 4) is 0 Å². The summed E-state index contributed by atoms with van der Waals surface area (Å²) in [4.78, 5) is 3.06. The van der Waals surface area contributed by atoms with E-state index in [0.717, 1.165) is 27.6 Å². The number of benzene rings is 2. The molecule has 6 heteroatoms. The van der Waals surface area contributed by atoms with Crippen LogP contribution in [-0.2, 0) is 22.2 Å². The molecule has 0 spiro atoms. The second-order valence-corrected chi connectivity index (χ2v) is 7.70. The van der Waals surface area contributed by atoms with Gasteiger partial charge in [0.15, 0.2) is 0 Å². The van der Waals surface area contributed by atoms with E-state index in [1.807, 2.05) is 31.2 Å². The maximum Gasteiger partial charge on any atom is 0.215 e. The molecule has 0 atom stereocenters. The smallest absolute Gasteiger partial charge is 0.215 e. The van der Waals surface area contributed by atoms with Gasteiger partial charge in [0.05, 0.1) is 5.75 Å². The number of aromatic amines is 1. The fraction of sp³-hybridized carbons (Fsp3) is 0.222. The number of nitrogens with one attached hydrogen (secondary N) is 2. The molecular weight excluding hydrogens is 327 g/mol. The van der Waals surface area contributed by atoms with Crippen LogP contribution in [-0.4, -0.2) is 19.9 Å². The van der Waals surface area contributed by atoms with Crippen molar-refractivity contribution in [3.63, 3.8) is 0 Å². The molecule has 1 heterocycles. The minimum Gasteiger partial charge on any atom is -0.361 e. The molecule has 0 bridgehead atoms. The Morgan fingerprint density at radius 2 is 1.88 bits per heavy atom. The lowest BCUT2D eigenvalue weighted by atomic mass is 10.1. The van der Waals surface area contributed by atoms with Gasteiger partial charge < -0.3 is 4.98 Å². The molecule has 0 saturated carbocycles. The van der Waals surface area contributed by atoms with E-state index in [0.29, 0.717) is 6.42 Å². The third-order valence-electron chi connectivity index (χ3n) is 3.92. The minimum atomic E-state index is -3.40. The number of hydrogen-bond acceptors (Lipinski definition) is 2. The average molecular weight is 346 g/mol. The van der Waals surface area contributed by atoms with Crippen molar-refractivity contribution < 1.29 is 12.8 Å². The van der Waals surface area contributed by atoms with Gasteiger partial charge in [0.2, 0.25) is 10.0 Å². The molecule has 0 unspecified atom stereocenters. The number of aryl methyl sites for hydroxylation is 1. The van der Waals surface area contributed by atoms with Crippen molar-refractivity contribution in [2.24, 2.45) is 0 Å². The van der Waals surface area contributed by atoms with Crippen molar-refractivity contribution in [2.45, 2.75) is 19.1 Å². The number of halogens is 1. The van der Waals surface area contributed by atoms with Crippen LogP contribution in [0.4, 0.5) is 4.39 Å². The number of sulfonamides is 1. The van der Waals surface area contributed by atoms with Crippen LogP contribution in [0, 0.1) is 12.7 Å². The van der Waals surface area contributed by atoms with Crippen molar-refractivity contribution in [1.29, 1.82) is 0 Å². The van der Waals surface area contributed by atoms with Crippen LogP contribution in [0.15, 0.2) is 48.7 Å². The molecule has 3 rings (SSSR count). The number of hydrogen-bond donors (Lipinski definition) is 2. The molecular formula is C18H19FN2O2S. The molecule has 24 heavy (non-hydrogen) atoms. The average Bonchev–Trinajstić information content (AvgIpc) is 2.92. The van der Waals surface area contributed by atoms with E-state index < -0.39 is 10.0 Å². The Bertz CT molecular complexity index is 947. The van der Waals surface area contributed by atoms with Crippen molar-refractivity contribution in [1.82, 2.24) is 9.71 Å². The maximum atomic E-state index is 13.4. The lowest BCUT2D eigenvalue weighted by Gasteiger charge is -2.07. The first kappa shape index (κ1) is 16.7. The van der Waals surface area contributed by atoms with E-state index in [1.165, 1.54) is 12.1 Å². The number of aromatic nitrogens is 1. The van der Waals surface area contributed by atoms with E-state index in [2.05, 4.69) is 9.71 Å². The minimum absolute atomic E-state index is 0.0458. The van der Waals surface area contributed by atoms with Crippen LogP contribution >= 0.6 is 0 Å². The highest BCUT2D eigenvalue weighted by Crippen LogP contribution is 2.19. The quantitative estimate of drug-likeness (QED) is 0.719. The van der Waals surface area contributed by atoms with Gasteiger partial charge in [-0.15, -0.1) is 0 Å². The number of H-pyrrole nitrogens is 1. The Labute approximate surface area is 140 Å². The fourth-order valence-electron chi connectivity index (χ4n) is 2.65. The number of rotatable bonds is 6. The maximum absolute atomic E-state index is 13.4. The third-order valence-corrected chi connectivity index (χ3v) is 5.28. The highest BCUT2D eigenvalue weighted by Gasteiger charge is 2.12. The summed E-state index contributed by atoms with van der Waals surface area (Å²) in [6, 6.07) is 12.0.